The molecule has 0 aliphatic carbocycles. The van der Waals surface area contributed by atoms with Crippen LogP contribution < -0.4 is 10.6 Å². The Hall–Kier alpha value is -3.14. The van der Waals surface area contributed by atoms with Crippen LogP contribution in [-0.4, -0.2) is 71.3 Å². The number of aliphatic hydroxyl groups is 1. The molecule has 0 spiro atoms. The van der Waals surface area contributed by atoms with Crippen LogP contribution in [0.25, 0.3) is 0 Å². The summed E-state index contributed by atoms with van der Waals surface area (Å²) in [5.74, 6) is -1.92. The molecule has 1 aromatic carbocycles. The van der Waals surface area contributed by atoms with Crippen molar-refractivity contribution in [3.05, 3.63) is 35.4 Å². The first-order valence-corrected chi connectivity index (χ1v) is 12.1. The summed E-state index contributed by atoms with van der Waals surface area (Å²) in [5.41, 5.74) is -0.137. The summed E-state index contributed by atoms with van der Waals surface area (Å²) in [4.78, 5) is 52.7. The molecule has 1 aromatic rings. The molecular formula is C26H41N3O7. The fraction of sp³-hybridized carbons (Fsp3) is 0.615. The van der Waals surface area contributed by atoms with Gasteiger partial charge < -0.3 is 30.1 Å². The van der Waals surface area contributed by atoms with E-state index >= 15 is 0 Å². The third-order valence-corrected chi connectivity index (χ3v) is 5.77. The van der Waals surface area contributed by atoms with Crippen LogP contribution in [-0.2, 0) is 30.3 Å². The van der Waals surface area contributed by atoms with Gasteiger partial charge in [0.15, 0.2) is 0 Å². The molecule has 1 rings (SSSR count). The lowest BCUT2D eigenvalue weighted by molar-refractivity contribution is -0.150. The number of methoxy groups -OCH3 is 1. The number of rotatable bonds is 11. The van der Waals surface area contributed by atoms with Crippen molar-refractivity contribution in [2.75, 3.05) is 20.3 Å². The second-order valence-corrected chi connectivity index (χ2v) is 10.0. The van der Waals surface area contributed by atoms with Crippen LogP contribution in [0.15, 0.2) is 24.3 Å². The van der Waals surface area contributed by atoms with Crippen molar-refractivity contribution in [2.45, 2.75) is 84.5 Å². The van der Waals surface area contributed by atoms with Crippen LogP contribution in [0.2, 0.25) is 0 Å². The summed E-state index contributed by atoms with van der Waals surface area (Å²) < 4.78 is 9.87. The normalized spacial score (nSPS) is 13.2. The zero-order valence-electron chi connectivity index (χ0n) is 22.6. The fourth-order valence-electron chi connectivity index (χ4n) is 3.43. The Morgan fingerprint density at radius 3 is 2.06 bits per heavy atom. The van der Waals surface area contributed by atoms with Crippen molar-refractivity contribution in [3.63, 3.8) is 0 Å². The monoisotopic (exact) mass is 507 g/mol. The van der Waals surface area contributed by atoms with E-state index in [2.05, 4.69) is 15.4 Å². The van der Waals surface area contributed by atoms with E-state index in [1.807, 2.05) is 26.0 Å². The number of esters is 1. The maximum atomic E-state index is 13.8. The largest absolute Gasteiger partial charge is 0.468 e. The van der Waals surface area contributed by atoms with E-state index in [0.717, 1.165) is 12.0 Å². The molecule has 36 heavy (non-hydrogen) atoms. The van der Waals surface area contributed by atoms with Crippen LogP contribution in [0.1, 0.15) is 72.1 Å². The summed E-state index contributed by atoms with van der Waals surface area (Å²) >= 11 is 0. The minimum absolute atomic E-state index is 0.382. The SMILES string of the molecule is CCc1ccc(C(C(=O)NCC(=O)OC)N(C(=O)C(CO)NC(=O)OC(C)(C)C)C(C)(C)CC)cc1. The molecule has 0 saturated carbocycles. The third-order valence-electron chi connectivity index (χ3n) is 5.77. The Balaban J connectivity index is 3.53. The van der Waals surface area contributed by atoms with E-state index in [0.29, 0.717) is 12.0 Å². The zero-order chi connectivity index (χ0) is 27.7. The molecule has 202 valence electrons. The summed E-state index contributed by atoms with van der Waals surface area (Å²) in [5, 5.41) is 15.0. The van der Waals surface area contributed by atoms with Crippen molar-refractivity contribution < 1.29 is 33.8 Å². The average Bonchev–Trinajstić information content (AvgIpc) is 2.82. The first-order valence-electron chi connectivity index (χ1n) is 12.1. The lowest BCUT2D eigenvalue weighted by atomic mass is 9.91. The maximum absolute atomic E-state index is 13.8. The number of aryl methyl sites for hydroxylation is 1. The van der Waals surface area contributed by atoms with Gasteiger partial charge in [-0.2, -0.15) is 0 Å². The van der Waals surface area contributed by atoms with Gasteiger partial charge in [0.2, 0.25) is 11.8 Å². The number of alkyl carbamates (subject to hydrolysis) is 1. The molecule has 0 saturated heterocycles. The predicted molar refractivity (Wildman–Crippen MR) is 135 cm³/mol. The lowest BCUT2D eigenvalue weighted by Crippen LogP contribution is -2.60. The van der Waals surface area contributed by atoms with Gasteiger partial charge in [-0.1, -0.05) is 38.1 Å². The maximum Gasteiger partial charge on any atom is 0.408 e. The highest BCUT2D eigenvalue weighted by molar-refractivity contribution is 5.93. The Kier molecular flexibility index (Phi) is 11.4. The van der Waals surface area contributed by atoms with E-state index in [4.69, 9.17) is 4.74 Å². The summed E-state index contributed by atoms with van der Waals surface area (Å²) in [6.07, 6.45) is 0.370. The Morgan fingerprint density at radius 1 is 1.03 bits per heavy atom. The number of carbonyl (C=O) groups excluding carboxylic acids is 4. The number of amides is 3. The number of nitrogens with zero attached hydrogens (tertiary/aromatic N) is 1. The average molecular weight is 508 g/mol. The van der Waals surface area contributed by atoms with Crippen LogP contribution in [0.3, 0.4) is 0 Å². The van der Waals surface area contributed by atoms with E-state index in [9.17, 15) is 24.3 Å². The lowest BCUT2D eigenvalue weighted by Gasteiger charge is -2.44. The van der Waals surface area contributed by atoms with Crippen molar-refractivity contribution >= 4 is 23.9 Å². The van der Waals surface area contributed by atoms with Gasteiger partial charge >= 0.3 is 12.1 Å². The van der Waals surface area contributed by atoms with Gasteiger partial charge in [0, 0.05) is 5.54 Å². The number of nitrogens with one attached hydrogen (secondary N) is 2. The standard InChI is InChI=1S/C26H41N3O7/c1-9-17-11-13-18(14-12-17)21(22(32)27-15-20(31)35-8)29(26(6,7)10-2)23(33)19(16-30)28-24(34)36-25(3,4)5/h11-14,19,21,30H,9-10,15-16H2,1-8H3,(H,27,32)(H,28,34). The first-order chi connectivity index (χ1) is 16.7. The van der Waals surface area contributed by atoms with Gasteiger partial charge in [0.1, 0.15) is 24.2 Å². The molecule has 3 N–H and O–H groups in total. The Bertz CT molecular complexity index is 907. The predicted octanol–water partition coefficient (Wildman–Crippen LogP) is 2.48. The molecule has 10 nitrogen and oxygen atoms in total. The molecule has 3 amide bonds. The molecule has 0 radical (unpaired) electrons. The Labute approximate surface area is 213 Å². The topological polar surface area (TPSA) is 134 Å². The van der Waals surface area contributed by atoms with Crippen molar-refractivity contribution in [2.24, 2.45) is 0 Å². The molecule has 0 aromatic heterocycles. The molecule has 2 unspecified atom stereocenters. The molecule has 0 aliphatic rings. The molecule has 10 heteroatoms. The van der Waals surface area contributed by atoms with Crippen LogP contribution >= 0.6 is 0 Å². The van der Waals surface area contributed by atoms with E-state index < -0.39 is 53.7 Å². The van der Waals surface area contributed by atoms with Gasteiger partial charge in [-0.25, -0.2) is 4.79 Å². The highest BCUT2D eigenvalue weighted by atomic mass is 16.6. The van der Waals surface area contributed by atoms with E-state index in [-0.39, 0.29) is 6.54 Å². The minimum Gasteiger partial charge on any atom is -0.468 e. The zero-order valence-corrected chi connectivity index (χ0v) is 22.6. The Morgan fingerprint density at radius 2 is 1.61 bits per heavy atom. The number of ether oxygens (including phenoxy) is 2. The number of hydrogen-bond donors (Lipinski definition) is 3. The van der Waals surface area contributed by atoms with Crippen molar-refractivity contribution in [1.82, 2.24) is 15.5 Å². The highest BCUT2D eigenvalue weighted by Gasteiger charge is 2.43. The molecule has 0 bridgehead atoms. The second kappa shape index (κ2) is 13.2. The third kappa shape index (κ3) is 8.82. The van der Waals surface area contributed by atoms with Gasteiger partial charge in [-0.05, 0) is 58.6 Å². The smallest absolute Gasteiger partial charge is 0.408 e. The number of aliphatic hydroxyl groups excluding tert-OH is 1. The molecular weight excluding hydrogens is 466 g/mol. The summed E-state index contributed by atoms with van der Waals surface area (Å²) in [6, 6.07) is 4.71. The van der Waals surface area contributed by atoms with E-state index in [1.54, 1.807) is 46.8 Å². The van der Waals surface area contributed by atoms with Gasteiger partial charge in [-0.3, -0.25) is 14.4 Å². The van der Waals surface area contributed by atoms with Gasteiger partial charge in [0.25, 0.3) is 0 Å². The molecule has 0 fully saturated rings. The number of hydrogen-bond acceptors (Lipinski definition) is 7. The number of carbonyl (C=O) groups is 4. The quantitative estimate of drug-likeness (QED) is 0.392. The molecule has 0 aliphatic heterocycles. The van der Waals surface area contributed by atoms with Gasteiger partial charge in [0.05, 0.1) is 13.7 Å². The highest BCUT2D eigenvalue weighted by Crippen LogP contribution is 2.32. The molecule has 2 atom stereocenters. The van der Waals surface area contributed by atoms with Crippen LogP contribution in [0, 0.1) is 0 Å². The fourth-order valence-corrected chi connectivity index (χ4v) is 3.43. The second-order valence-electron chi connectivity index (χ2n) is 10.0. The van der Waals surface area contributed by atoms with Crippen molar-refractivity contribution in [3.8, 4) is 0 Å². The van der Waals surface area contributed by atoms with Crippen LogP contribution in [0.5, 0.6) is 0 Å². The van der Waals surface area contributed by atoms with E-state index in [1.165, 1.54) is 12.0 Å². The number of benzene rings is 1. The summed E-state index contributed by atoms with van der Waals surface area (Å²) in [6.45, 7) is 11.4. The van der Waals surface area contributed by atoms with Crippen molar-refractivity contribution in [1.29, 1.82) is 0 Å². The first kappa shape index (κ1) is 30.9. The van der Waals surface area contributed by atoms with Crippen LogP contribution in [0.4, 0.5) is 4.79 Å². The minimum atomic E-state index is -1.36. The summed E-state index contributed by atoms with van der Waals surface area (Å²) in [7, 11) is 1.21. The van der Waals surface area contributed by atoms with Gasteiger partial charge in [-0.15, -0.1) is 0 Å². The molecule has 0 heterocycles.